The first-order valence-electron chi connectivity index (χ1n) is 7.18. The van der Waals surface area contributed by atoms with E-state index in [9.17, 15) is 4.79 Å². The molecule has 112 valence electrons. The van der Waals surface area contributed by atoms with Gasteiger partial charge in [0, 0.05) is 6.54 Å². The second-order valence-electron chi connectivity index (χ2n) is 5.15. The number of hydrogen-bond donors (Lipinski definition) is 0. The second kappa shape index (κ2) is 7.09. The van der Waals surface area contributed by atoms with Gasteiger partial charge in [0.1, 0.15) is 11.8 Å². The van der Waals surface area contributed by atoms with Crippen LogP contribution in [0.4, 0.5) is 0 Å². The van der Waals surface area contributed by atoms with Gasteiger partial charge >= 0.3 is 0 Å². The number of morpholine rings is 1. The fourth-order valence-electron chi connectivity index (χ4n) is 2.40. The zero-order chi connectivity index (χ0) is 15.2. The first-order valence-corrected chi connectivity index (χ1v) is 7.18. The van der Waals surface area contributed by atoms with Crippen LogP contribution in [0, 0.1) is 11.3 Å². The Hall–Kier alpha value is -2.06. The minimum Gasteiger partial charge on any atom is -0.482 e. The Bertz CT molecular complexity index is 539. The van der Waals surface area contributed by atoms with Gasteiger partial charge in [0.25, 0.3) is 5.91 Å². The Morgan fingerprint density at radius 1 is 1.52 bits per heavy atom. The summed E-state index contributed by atoms with van der Waals surface area (Å²) < 4.78 is 11.1. The van der Waals surface area contributed by atoms with Crippen molar-refractivity contribution in [1.29, 1.82) is 5.26 Å². The maximum absolute atomic E-state index is 12.3. The molecule has 1 amide bonds. The number of nitrogens with zero attached hydrogens (tertiary/aromatic N) is 2. The van der Waals surface area contributed by atoms with Crippen LogP contribution in [0.5, 0.6) is 5.75 Å². The van der Waals surface area contributed by atoms with E-state index in [0.29, 0.717) is 24.5 Å². The lowest BCUT2D eigenvalue weighted by Crippen LogP contribution is -2.52. The third kappa shape index (κ3) is 3.73. The number of nitriles is 1. The van der Waals surface area contributed by atoms with Gasteiger partial charge in [-0.15, -0.1) is 0 Å². The van der Waals surface area contributed by atoms with E-state index in [1.54, 1.807) is 24.3 Å². The Labute approximate surface area is 125 Å². The van der Waals surface area contributed by atoms with E-state index < -0.39 is 0 Å². The molecule has 0 spiro atoms. The third-order valence-corrected chi connectivity index (χ3v) is 3.62. The third-order valence-electron chi connectivity index (χ3n) is 3.62. The normalized spacial score (nSPS) is 21.7. The standard InChI is InChI=1S/C16H20N2O3/c1-3-14-10-20-12(2)9-18(14)16(19)11-21-15-7-5-4-6-13(15)8-17/h4-7,12,14H,3,9-11H2,1-2H3. The van der Waals surface area contributed by atoms with Crippen LogP contribution in [0.15, 0.2) is 24.3 Å². The lowest BCUT2D eigenvalue weighted by atomic mass is 10.1. The summed E-state index contributed by atoms with van der Waals surface area (Å²) in [4.78, 5) is 14.2. The molecule has 5 heteroatoms. The quantitative estimate of drug-likeness (QED) is 0.849. The van der Waals surface area contributed by atoms with Crippen LogP contribution in [-0.2, 0) is 9.53 Å². The van der Waals surface area contributed by atoms with Gasteiger partial charge in [-0.3, -0.25) is 4.79 Å². The molecule has 1 fully saturated rings. The number of amides is 1. The van der Waals surface area contributed by atoms with Gasteiger partial charge in [0.15, 0.2) is 6.61 Å². The number of carbonyl (C=O) groups excluding carboxylic acids is 1. The van der Waals surface area contributed by atoms with Crippen molar-refractivity contribution in [3.63, 3.8) is 0 Å². The zero-order valence-corrected chi connectivity index (χ0v) is 12.4. The highest BCUT2D eigenvalue weighted by Crippen LogP contribution is 2.18. The zero-order valence-electron chi connectivity index (χ0n) is 12.4. The molecule has 1 heterocycles. The van der Waals surface area contributed by atoms with Crippen LogP contribution in [-0.4, -0.2) is 42.7 Å². The Balaban J connectivity index is 1.99. The van der Waals surface area contributed by atoms with E-state index in [4.69, 9.17) is 14.7 Å². The van der Waals surface area contributed by atoms with E-state index in [0.717, 1.165) is 6.42 Å². The number of rotatable bonds is 4. The highest BCUT2D eigenvalue weighted by Gasteiger charge is 2.29. The molecule has 2 rings (SSSR count). The average molecular weight is 288 g/mol. The van der Waals surface area contributed by atoms with Gasteiger partial charge in [-0.1, -0.05) is 19.1 Å². The first kappa shape index (κ1) is 15.3. The summed E-state index contributed by atoms with van der Waals surface area (Å²) in [5.41, 5.74) is 0.438. The highest BCUT2D eigenvalue weighted by atomic mass is 16.5. The molecule has 0 aliphatic carbocycles. The van der Waals surface area contributed by atoms with Gasteiger partial charge in [0.05, 0.1) is 24.3 Å². The largest absolute Gasteiger partial charge is 0.482 e. The molecule has 0 bridgehead atoms. The van der Waals surface area contributed by atoms with E-state index >= 15 is 0 Å². The van der Waals surface area contributed by atoms with Gasteiger partial charge in [0.2, 0.25) is 0 Å². The molecule has 0 radical (unpaired) electrons. The molecule has 1 aromatic carbocycles. The highest BCUT2D eigenvalue weighted by molar-refractivity contribution is 5.78. The molecule has 2 atom stereocenters. The van der Waals surface area contributed by atoms with Crippen molar-refractivity contribution >= 4 is 5.91 Å². The molecule has 0 saturated carbocycles. The smallest absolute Gasteiger partial charge is 0.260 e. The summed E-state index contributed by atoms with van der Waals surface area (Å²) in [5.74, 6) is 0.382. The Morgan fingerprint density at radius 3 is 3.00 bits per heavy atom. The molecule has 0 aromatic heterocycles. The molecular formula is C16H20N2O3. The Morgan fingerprint density at radius 2 is 2.29 bits per heavy atom. The van der Waals surface area contributed by atoms with E-state index in [1.807, 2.05) is 18.7 Å². The summed E-state index contributed by atoms with van der Waals surface area (Å²) in [6.45, 7) is 5.09. The summed E-state index contributed by atoms with van der Waals surface area (Å²) in [6, 6.07) is 9.08. The first-order chi connectivity index (χ1) is 10.2. The minimum atomic E-state index is -0.0651. The van der Waals surface area contributed by atoms with E-state index in [2.05, 4.69) is 6.07 Å². The SMILES string of the molecule is CCC1COC(C)CN1C(=O)COc1ccccc1C#N. The maximum atomic E-state index is 12.3. The van der Waals surface area contributed by atoms with Crippen LogP contribution in [0.1, 0.15) is 25.8 Å². The molecule has 1 aromatic rings. The van der Waals surface area contributed by atoms with Crippen molar-refractivity contribution in [3.8, 4) is 11.8 Å². The second-order valence-corrected chi connectivity index (χ2v) is 5.15. The van der Waals surface area contributed by atoms with Crippen LogP contribution in [0.3, 0.4) is 0 Å². The monoisotopic (exact) mass is 288 g/mol. The summed E-state index contributed by atoms with van der Waals surface area (Å²) in [6.07, 6.45) is 0.899. The molecule has 0 N–H and O–H groups in total. The predicted molar refractivity (Wildman–Crippen MR) is 77.9 cm³/mol. The summed E-state index contributed by atoms with van der Waals surface area (Å²) in [7, 11) is 0. The van der Waals surface area contributed by atoms with E-state index in [1.165, 1.54) is 0 Å². The van der Waals surface area contributed by atoms with Gasteiger partial charge in [-0.25, -0.2) is 0 Å². The molecule has 21 heavy (non-hydrogen) atoms. The summed E-state index contributed by atoms with van der Waals surface area (Å²) in [5, 5.41) is 9.01. The lowest BCUT2D eigenvalue weighted by molar-refractivity contribution is -0.146. The molecule has 1 aliphatic rings. The topological polar surface area (TPSA) is 62.6 Å². The summed E-state index contributed by atoms with van der Waals surface area (Å²) >= 11 is 0. The fourth-order valence-corrected chi connectivity index (χ4v) is 2.40. The number of carbonyl (C=O) groups is 1. The van der Waals surface area contributed by atoms with Crippen molar-refractivity contribution < 1.29 is 14.3 Å². The molecule has 1 aliphatic heterocycles. The lowest BCUT2D eigenvalue weighted by Gasteiger charge is -2.38. The van der Waals surface area contributed by atoms with Crippen LogP contribution in [0.25, 0.3) is 0 Å². The van der Waals surface area contributed by atoms with E-state index in [-0.39, 0.29) is 24.7 Å². The molecule has 1 saturated heterocycles. The Kier molecular flexibility index (Phi) is 5.18. The van der Waals surface area contributed by atoms with Crippen LogP contribution in [0.2, 0.25) is 0 Å². The molecule has 5 nitrogen and oxygen atoms in total. The van der Waals surface area contributed by atoms with Gasteiger partial charge < -0.3 is 14.4 Å². The molecular weight excluding hydrogens is 268 g/mol. The average Bonchev–Trinajstić information content (AvgIpc) is 2.52. The van der Waals surface area contributed by atoms with Crippen molar-refractivity contribution in [2.45, 2.75) is 32.4 Å². The molecule has 2 unspecified atom stereocenters. The van der Waals surface area contributed by atoms with Crippen molar-refractivity contribution in [3.05, 3.63) is 29.8 Å². The minimum absolute atomic E-state index is 0.0446. The number of benzene rings is 1. The predicted octanol–water partition coefficient (Wildman–Crippen LogP) is 1.96. The number of para-hydroxylation sites is 1. The van der Waals surface area contributed by atoms with Crippen molar-refractivity contribution in [1.82, 2.24) is 4.90 Å². The van der Waals surface area contributed by atoms with Gasteiger partial charge in [-0.05, 0) is 25.5 Å². The number of hydrogen-bond acceptors (Lipinski definition) is 4. The maximum Gasteiger partial charge on any atom is 0.260 e. The number of ether oxygens (including phenoxy) is 2. The van der Waals surface area contributed by atoms with Crippen molar-refractivity contribution in [2.75, 3.05) is 19.8 Å². The van der Waals surface area contributed by atoms with Crippen LogP contribution < -0.4 is 4.74 Å². The van der Waals surface area contributed by atoms with Crippen LogP contribution >= 0.6 is 0 Å². The van der Waals surface area contributed by atoms with Gasteiger partial charge in [-0.2, -0.15) is 5.26 Å². The fraction of sp³-hybridized carbons (Fsp3) is 0.500. The van der Waals surface area contributed by atoms with Crippen molar-refractivity contribution in [2.24, 2.45) is 0 Å².